The SMILES string of the molecule is CC1CCC(N)C(Sc2ccc(C(C)(C)C)cc2)C1. The average Bonchev–Trinajstić information content (AvgIpc) is 2.33. The molecule has 2 N–H and O–H groups in total. The monoisotopic (exact) mass is 277 g/mol. The van der Waals surface area contributed by atoms with Gasteiger partial charge in [0.25, 0.3) is 0 Å². The maximum absolute atomic E-state index is 6.27. The molecule has 1 nitrogen and oxygen atoms in total. The summed E-state index contributed by atoms with van der Waals surface area (Å²) in [4.78, 5) is 1.36. The van der Waals surface area contributed by atoms with Crippen molar-refractivity contribution < 1.29 is 0 Å². The van der Waals surface area contributed by atoms with Crippen LogP contribution in [-0.2, 0) is 5.41 Å². The summed E-state index contributed by atoms with van der Waals surface area (Å²) in [5.74, 6) is 0.825. The van der Waals surface area contributed by atoms with E-state index in [1.54, 1.807) is 0 Å². The van der Waals surface area contributed by atoms with Gasteiger partial charge in [0.2, 0.25) is 0 Å². The van der Waals surface area contributed by atoms with Gasteiger partial charge in [0.1, 0.15) is 0 Å². The molecule has 1 fully saturated rings. The third kappa shape index (κ3) is 4.00. The first kappa shape index (κ1) is 14.9. The van der Waals surface area contributed by atoms with Gasteiger partial charge in [0, 0.05) is 16.2 Å². The van der Waals surface area contributed by atoms with E-state index in [2.05, 4.69) is 52.0 Å². The largest absolute Gasteiger partial charge is 0.327 e. The van der Waals surface area contributed by atoms with E-state index < -0.39 is 0 Å². The predicted molar refractivity (Wildman–Crippen MR) is 85.8 cm³/mol. The van der Waals surface area contributed by atoms with E-state index in [-0.39, 0.29) is 5.41 Å². The van der Waals surface area contributed by atoms with Crippen LogP contribution in [-0.4, -0.2) is 11.3 Å². The van der Waals surface area contributed by atoms with Crippen LogP contribution in [0.2, 0.25) is 0 Å². The zero-order chi connectivity index (χ0) is 14.0. The summed E-state index contributed by atoms with van der Waals surface area (Å²) >= 11 is 1.97. The number of hydrogen-bond acceptors (Lipinski definition) is 2. The minimum absolute atomic E-state index is 0.235. The van der Waals surface area contributed by atoms with Gasteiger partial charge in [-0.1, -0.05) is 39.8 Å². The topological polar surface area (TPSA) is 26.0 Å². The Balaban J connectivity index is 2.03. The molecule has 1 aliphatic carbocycles. The van der Waals surface area contributed by atoms with E-state index in [0.717, 1.165) is 5.92 Å². The summed E-state index contributed by atoms with van der Waals surface area (Å²) in [5.41, 5.74) is 7.90. The van der Waals surface area contributed by atoms with Crippen molar-refractivity contribution in [2.45, 2.75) is 68.6 Å². The fourth-order valence-electron chi connectivity index (χ4n) is 2.70. The van der Waals surface area contributed by atoms with Crippen LogP contribution in [0, 0.1) is 5.92 Å². The van der Waals surface area contributed by atoms with Crippen LogP contribution >= 0.6 is 11.8 Å². The second kappa shape index (κ2) is 5.88. The van der Waals surface area contributed by atoms with E-state index in [1.807, 2.05) is 11.8 Å². The van der Waals surface area contributed by atoms with Crippen LogP contribution < -0.4 is 5.73 Å². The lowest BCUT2D eigenvalue weighted by Gasteiger charge is -2.32. The number of thioether (sulfide) groups is 1. The molecule has 2 heteroatoms. The van der Waals surface area contributed by atoms with E-state index in [0.29, 0.717) is 11.3 Å². The van der Waals surface area contributed by atoms with E-state index in [9.17, 15) is 0 Å². The average molecular weight is 277 g/mol. The van der Waals surface area contributed by atoms with E-state index in [4.69, 9.17) is 5.73 Å². The van der Waals surface area contributed by atoms with Gasteiger partial charge in [0.15, 0.2) is 0 Å². The lowest BCUT2D eigenvalue weighted by Crippen LogP contribution is -2.37. The normalized spacial score (nSPS) is 28.4. The Labute approximate surface area is 122 Å². The van der Waals surface area contributed by atoms with Gasteiger partial charge in [0.05, 0.1) is 0 Å². The van der Waals surface area contributed by atoms with Crippen molar-refractivity contribution in [3.05, 3.63) is 29.8 Å². The Morgan fingerprint density at radius 1 is 1.11 bits per heavy atom. The summed E-state index contributed by atoms with van der Waals surface area (Å²) in [7, 11) is 0. The lowest BCUT2D eigenvalue weighted by atomic mass is 9.87. The third-order valence-electron chi connectivity index (χ3n) is 4.11. The highest BCUT2D eigenvalue weighted by molar-refractivity contribution is 8.00. The van der Waals surface area contributed by atoms with Crippen molar-refractivity contribution in [2.24, 2.45) is 11.7 Å². The minimum Gasteiger partial charge on any atom is -0.327 e. The number of benzene rings is 1. The van der Waals surface area contributed by atoms with Crippen LogP contribution in [0.1, 0.15) is 52.5 Å². The first-order valence-electron chi connectivity index (χ1n) is 7.39. The molecule has 0 saturated heterocycles. The molecule has 0 spiro atoms. The Morgan fingerprint density at radius 2 is 1.74 bits per heavy atom. The standard InChI is InChI=1S/C17H27NS/c1-12-5-10-15(18)16(11-12)19-14-8-6-13(7-9-14)17(2,3)4/h6-9,12,15-16H,5,10-11,18H2,1-4H3. The van der Waals surface area contributed by atoms with Gasteiger partial charge in [-0.05, 0) is 48.3 Å². The molecule has 2 rings (SSSR count). The lowest BCUT2D eigenvalue weighted by molar-refractivity contribution is 0.357. The Hall–Kier alpha value is -0.470. The molecule has 0 amide bonds. The zero-order valence-corrected chi connectivity index (χ0v) is 13.5. The maximum Gasteiger partial charge on any atom is 0.0248 e. The second-order valence-corrected chi connectivity index (χ2v) is 8.33. The second-order valence-electron chi connectivity index (χ2n) is 7.01. The minimum atomic E-state index is 0.235. The van der Waals surface area contributed by atoms with Crippen molar-refractivity contribution in [2.75, 3.05) is 0 Å². The Kier molecular flexibility index (Phi) is 4.62. The molecule has 3 unspecified atom stereocenters. The molecule has 1 aliphatic rings. The predicted octanol–water partition coefficient (Wildman–Crippen LogP) is 4.59. The maximum atomic E-state index is 6.27. The van der Waals surface area contributed by atoms with Crippen LogP contribution in [0.25, 0.3) is 0 Å². The molecule has 0 aliphatic heterocycles. The molecule has 3 atom stereocenters. The van der Waals surface area contributed by atoms with Crippen LogP contribution in [0.4, 0.5) is 0 Å². The molecular formula is C17H27NS. The molecule has 106 valence electrons. The smallest absolute Gasteiger partial charge is 0.0248 e. The molecule has 1 saturated carbocycles. The van der Waals surface area contributed by atoms with Crippen molar-refractivity contribution >= 4 is 11.8 Å². The van der Waals surface area contributed by atoms with E-state index in [1.165, 1.54) is 29.7 Å². The first-order valence-corrected chi connectivity index (χ1v) is 8.27. The molecule has 0 heterocycles. The molecule has 0 aromatic heterocycles. The van der Waals surface area contributed by atoms with Crippen molar-refractivity contribution in [3.63, 3.8) is 0 Å². The van der Waals surface area contributed by atoms with Crippen LogP contribution in [0.5, 0.6) is 0 Å². The summed E-state index contributed by atoms with van der Waals surface area (Å²) in [6.45, 7) is 9.12. The number of hydrogen-bond donors (Lipinski definition) is 1. The molecule has 19 heavy (non-hydrogen) atoms. The summed E-state index contributed by atoms with van der Waals surface area (Å²) in [6, 6.07) is 9.41. The highest BCUT2D eigenvalue weighted by atomic mass is 32.2. The fourth-order valence-corrected chi connectivity index (χ4v) is 4.07. The van der Waals surface area contributed by atoms with Gasteiger partial charge in [-0.3, -0.25) is 0 Å². The summed E-state index contributed by atoms with van der Waals surface area (Å²) < 4.78 is 0. The Morgan fingerprint density at radius 3 is 2.32 bits per heavy atom. The van der Waals surface area contributed by atoms with Gasteiger partial charge >= 0.3 is 0 Å². The van der Waals surface area contributed by atoms with Gasteiger partial charge < -0.3 is 5.73 Å². The summed E-state index contributed by atoms with van der Waals surface area (Å²) in [5, 5.41) is 0.587. The first-order chi connectivity index (χ1) is 8.86. The molecular weight excluding hydrogens is 250 g/mol. The number of nitrogens with two attached hydrogens (primary N) is 1. The molecule has 1 aromatic carbocycles. The van der Waals surface area contributed by atoms with E-state index >= 15 is 0 Å². The van der Waals surface area contributed by atoms with Gasteiger partial charge in [-0.15, -0.1) is 11.8 Å². The van der Waals surface area contributed by atoms with Crippen LogP contribution in [0.3, 0.4) is 0 Å². The van der Waals surface area contributed by atoms with Gasteiger partial charge in [-0.2, -0.15) is 0 Å². The third-order valence-corrected chi connectivity index (χ3v) is 5.50. The fraction of sp³-hybridized carbons (Fsp3) is 0.647. The van der Waals surface area contributed by atoms with Crippen LogP contribution in [0.15, 0.2) is 29.2 Å². The highest BCUT2D eigenvalue weighted by Gasteiger charge is 2.26. The Bertz CT molecular complexity index is 404. The quantitative estimate of drug-likeness (QED) is 0.855. The van der Waals surface area contributed by atoms with Crippen molar-refractivity contribution in [3.8, 4) is 0 Å². The molecule has 0 radical (unpaired) electrons. The molecule has 0 bridgehead atoms. The number of rotatable bonds is 2. The highest BCUT2D eigenvalue weighted by Crippen LogP contribution is 2.36. The summed E-state index contributed by atoms with van der Waals surface area (Å²) in [6.07, 6.45) is 3.73. The zero-order valence-electron chi connectivity index (χ0n) is 12.6. The van der Waals surface area contributed by atoms with Crippen molar-refractivity contribution in [1.29, 1.82) is 0 Å². The van der Waals surface area contributed by atoms with Gasteiger partial charge in [-0.25, -0.2) is 0 Å². The van der Waals surface area contributed by atoms with Crippen molar-refractivity contribution in [1.82, 2.24) is 0 Å². The molecule has 1 aromatic rings.